The molecular weight excluding hydrogens is 226 g/mol. The Morgan fingerprint density at radius 2 is 2.00 bits per heavy atom. The Bertz CT molecular complexity index is 424. The molecule has 1 fully saturated rings. The maximum Gasteiger partial charge on any atom is 0.311 e. The highest BCUT2D eigenvalue weighted by atomic mass is 16.4. The summed E-state index contributed by atoms with van der Waals surface area (Å²) in [6, 6.07) is 0. The normalized spacial score (nSPS) is 15.2. The van der Waals surface area contributed by atoms with Crippen LogP contribution in [0.4, 0.5) is 0 Å². The SMILES string of the molecule is O=C(O)Cc1nnnn1CC(=O)N1CCCC1. The van der Waals surface area contributed by atoms with Crippen molar-refractivity contribution < 1.29 is 14.7 Å². The summed E-state index contributed by atoms with van der Waals surface area (Å²) < 4.78 is 1.24. The molecule has 0 aliphatic carbocycles. The molecule has 0 saturated carbocycles. The molecule has 92 valence electrons. The third-order valence-corrected chi connectivity index (χ3v) is 2.66. The number of carbonyl (C=O) groups is 2. The van der Waals surface area contributed by atoms with Gasteiger partial charge in [0.05, 0.1) is 0 Å². The molecule has 0 unspecified atom stereocenters. The Morgan fingerprint density at radius 3 is 2.65 bits per heavy atom. The van der Waals surface area contributed by atoms with E-state index in [9.17, 15) is 9.59 Å². The topological polar surface area (TPSA) is 101 Å². The second-order valence-corrected chi connectivity index (χ2v) is 3.91. The fourth-order valence-electron chi connectivity index (χ4n) is 1.80. The van der Waals surface area contributed by atoms with Crippen molar-refractivity contribution in [2.24, 2.45) is 0 Å². The molecule has 1 aromatic rings. The zero-order valence-electron chi connectivity index (χ0n) is 9.24. The van der Waals surface area contributed by atoms with Crippen LogP contribution in [0.15, 0.2) is 0 Å². The molecule has 1 aromatic heterocycles. The molecule has 0 radical (unpaired) electrons. The van der Waals surface area contributed by atoms with Crippen LogP contribution in [0.2, 0.25) is 0 Å². The first-order valence-corrected chi connectivity index (χ1v) is 5.41. The summed E-state index contributed by atoms with van der Waals surface area (Å²) in [7, 11) is 0. The molecule has 2 rings (SSSR count). The number of carboxylic acids is 1. The zero-order chi connectivity index (χ0) is 12.3. The highest BCUT2D eigenvalue weighted by Gasteiger charge is 2.20. The summed E-state index contributed by atoms with van der Waals surface area (Å²) in [5.74, 6) is -0.888. The first-order valence-electron chi connectivity index (χ1n) is 5.41. The van der Waals surface area contributed by atoms with Crippen LogP contribution in [-0.2, 0) is 22.6 Å². The highest BCUT2D eigenvalue weighted by Crippen LogP contribution is 2.08. The summed E-state index contributed by atoms with van der Waals surface area (Å²) in [6.07, 6.45) is 1.76. The van der Waals surface area contributed by atoms with Crippen molar-refractivity contribution in [3.63, 3.8) is 0 Å². The Morgan fingerprint density at radius 1 is 1.29 bits per heavy atom. The lowest BCUT2D eigenvalue weighted by Crippen LogP contribution is -2.32. The third-order valence-electron chi connectivity index (χ3n) is 2.66. The average Bonchev–Trinajstić information content (AvgIpc) is 2.89. The first kappa shape index (κ1) is 11.5. The van der Waals surface area contributed by atoms with Gasteiger partial charge in [-0.25, -0.2) is 4.68 Å². The van der Waals surface area contributed by atoms with E-state index in [0.29, 0.717) is 0 Å². The van der Waals surface area contributed by atoms with Crippen LogP contribution in [0.5, 0.6) is 0 Å². The van der Waals surface area contributed by atoms with Gasteiger partial charge in [-0.3, -0.25) is 9.59 Å². The van der Waals surface area contributed by atoms with Crippen LogP contribution in [-0.4, -0.2) is 55.2 Å². The minimum absolute atomic E-state index is 0.00954. The highest BCUT2D eigenvalue weighted by molar-refractivity contribution is 5.76. The van der Waals surface area contributed by atoms with Crippen LogP contribution in [0.1, 0.15) is 18.7 Å². The lowest BCUT2D eigenvalue weighted by Gasteiger charge is -2.14. The molecule has 17 heavy (non-hydrogen) atoms. The Kier molecular flexibility index (Phi) is 3.31. The van der Waals surface area contributed by atoms with Gasteiger partial charge in [0.2, 0.25) is 5.91 Å². The summed E-state index contributed by atoms with van der Waals surface area (Å²) in [5, 5.41) is 19.2. The van der Waals surface area contributed by atoms with E-state index in [1.165, 1.54) is 4.68 Å². The van der Waals surface area contributed by atoms with Crippen molar-refractivity contribution >= 4 is 11.9 Å². The predicted octanol–water partition coefficient (Wildman–Crippen LogP) is -1.08. The Balaban J connectivity index is 2.00. The van der Waals surface area contributed by atoms with Gasteiger partial charge in [0.1, 0.15) is 13.0 Å². The van der Waals surface area contributed by atoms with Crippen LogP contribution >= 0.6 is 0 Å². The van der Waals surface area contributed by atoms with Gasteiger partial charge < -0.3 is 10.0 Å². The van der Waals surface area contributed by atoms with E-state index in [2.05, 4.69) is 15.5 Å². The average molecular weight is 239 g/mol. The van der Waals surface area contributed by atoms with E-state index in [1.807, 2.05) is 0 Å². The van der Waals surface area contributed by atoms with Crippen molar-refractivity contribution in [1.82, 2.24) is 25.1 Å². The summed E-state index contributed by atoms with van der Waals surface area (Å²) >= 11 is 0. The molecule has 1 amide bonds. The van der Waals surface area contributed by atoms with Crippen molar-refractivity contribution in [1.29, 1.82) is 0 Å². The molecule has 1 saturated heterocycles. The van der Waals surface area contributed by atoms with E-state index >= 15 is 0 Å². The zero-order valence-corrected chi connectivity index (χ0v) is 9.24. The number of carbonyl (C=O) groups excluding carboxylic acids is 1. The summed E-state index contributed by atoms with van der Waals surface area (Å²) in [4.78, 5) is 24.1. The fourth-order valence-corrected chi connectivity index (χ4v) is 1.80. The van der Waals surface area contributed by atoms with Gasteiger partial charge in [0, 0.05) is 13.1 Å². The van der Waals surface area contributed by atoms with Gasteiger partial charge in [-0.15, -0.1) is 5.10 Å². The molecule has 0 bridgehead atoms. The van der Waals surface area contributed by atoms with Gasteiger partial charge in [-0.2, -0.15) is 0 Å². The smallest absolute Gasteiger partial charge is 0.311 e. The lowest BCUT2D eigenvalue weighted by atomic mass is 10.4. The number of amides is 1. The number of hydrogen-bond acceptors (Lipinski definition) is 5. The van der Waals surface area contributed by atoms with Crippen LogP contribution in [0.3, 0.4) is 0 Å². The third kappa shape index (κ3) is 2.77. The second-order valence-electron chi connectivity index (χ2n) is 3.91. The van der Waals surface area contributed by atoms with Crippen LogP contribution in [0.25, 0.3) is 0 Å². The Labute approximate surface area is 97.2 Å². The predicted molar refractivity (Wildman–Crippen MR) is 55.0 cm³/mol. The molecule has 1 N–H and O–H groups in total. The number of rotatable bonds is 4. The minimum atomic E-state index is -1.02. The largest absolute Gasteiger partial charge is 0.481 e. The molecule has 2 heterocycles. The van der Waals surface area contributed by atoms with E-state index in [1.54, 1.807) is 4.90 Å². The molecule has 0 aromatic carbocycles. The molecule has 0 spiro atoms. The van der Waals surface area contributed by atoms with Gasteiger partial charge in [-0.05, 0) is 23.3 Å². The van der Waals surface area contributed by atoms with Gasteiger partial charge >= 0.3 is 5.97 Å². The van der Waals surface area contributed by atoms with Gasteiger partial charge in [0.25, 0.3) is 0 Å². The number of hydrogen-bond donors (Lipinski definition) is 1. The number of aliphatic carboxylic acids is 1. The molecule has 8 nitrogen and oxygen atoms in total. The molecule has 8 heteroatoms. The van der Waals surface area contributed by atoms with Crippen molar-refractivity contribution in [2.45, 2.75) is 25.8 Å². The van der Waals surface area contributed by atoms with E-state index in [-0.39, 0.29) is 24.7 Å². The monoisotopic (exact) mass is 239 g/mol. The standard InChI is InChI=1S/C9H13N5O3/c15-8(13-3-1-2-4-13)6-14-7(5-9(16)17)10-11-12-14/h1-6H2,(H,16,17). The second kappa shape index (κ2) is 4.89. The Hall–Kier alpha value is -1.99. The molecular formula is C9H13N5O3. The lowest BCUT2D eigenvalue weighted by molar-refractivity contribution is -0.136. The van der Waals surface area contributed by atoms with Crippen LogP contribution < -0.4 is 0 Å². The van der Waals surface area contributed by atoms with E-state index < -0.39 is 5.97 Å². The maximum absolute atomic E-state index is 11.8. The summed E-state index contributed by atoms with van der Waals surface area (Å²) in [5.41, 5.74) is 0. The van der Waals surface area contributed by atoms with E-state index in [0.717, 1.165) is 25.9 Å². The first-order chi connectivity index (χ1) is 8.16. The molecule has 0 atom stereocenters. The quantitative estimate of drug-likeness (QED) is 0.717. The van der Waals surface area contributed by atoms with E-state index in [4.69, 9.17) is 5.11 Å². The minimum Gasteiger partial charge on any atom is -0.481 e. The molecule has 1 aliphatic rings. The fraction of sp³-hybridized carbons (Fsp3) is 0.667. The molecule has 1 aliphatic heterocycles. The summed E-state index contributed by atoms with van der Waals surface area (Å²) in [6.45, 7) is 1.53. The van der Waals surface area contributed by atoms with Gasteiger partial charge in [0.15, 0.2) is 5.82 Å². The number of nitrogens with zero attached hydrogens (tertiary/aromatic N) is 5. The number of carboxylic acid groups (broad SMARTS) is 1. The van der Waals surface area contributed by atoms with Crippen molar-refractivity contribution in [3.8, 4) is 0 Å². The van der Waals surface area contributed by atoms with Crippen LogP contribution in [0, 0.1) is 0 Å². The number of aromatic nitrogens is 4. The number of tetrazole rings is 1. The maximum atomic E-state index is 11.8. The number of likely N-dealkylation sites (tertiary alicyclic amines) is 1. The van der Waals surface area contributed by atoms with Gasteiger partial charge in [-0.1, -0.05) is 0 Å². The van der Waals surface area contributed by atoms with Crippen molar-refractivity contribution in [3.05, 3.63) is 5.82 Å². The van der Waals surface area contributed by atoms with Crippen molar-refractivity contribution in [2.75, 3.05) is 13.1 Å².